The molecule has 0 aliphatic carbocycles. The number of fused-ring (bicyclic) bond motifs is 1. The highest BCUT2D eigenvalue weighted by atomic mass is 35.5. The molecule has 28 heavy (non-hydrogen) atoms. The van der Waals surface area contributed by atoms with Crippen LogP contribution in [0.2, 0.25) is 5.02 Å². The van der Waals surface area contributed by atoms with Gasteiger partial charge in [0.2, 0.25) is 5.91 Å². The van der Waals surface area contributed by atoms with Crippen molar-refractivity contribution in [3.63, 3.8) is 0 Å². The van der Waals surface area contributed by atoms with Crippen LogP contribution in [0.3, 0.4) is 0 Å². The van der Waals surface area contributed by atoms with Gasteiger partial charge in [-0.25, -0.2) is 0 Å². The van der Waals surface area contributed by atoms with Crippen LogP contribution in [0.15, 0.2) is 30.3 Å². The molecular formula is C22H26ClNO4. The summed E-state index contributed by atoms with van der Waals surface area (Å²) in [5.41, 5.74) is 2.86. The van der Waals surface area contributed by atoms with E-state index >= 15 is 0 Å². The van der Waals surface area contributed by atoms with Crippen molar-refractivity contribution < 1.29 is 19.0 Å². The van der Waals surface area contributed by atoms with E-state index in [4.69, 9.17) is 25.8 Å². The van der Waals surface area contributed by atoms with E-state index in [9.17, 15) is 4.79 Å². The molecule has 0 saturated heterocycles. The molecule has 5 nitrogen and oxygen atoms in total. The summed E-state index contributed by atoms with van der Waals surface area (Å²) in [6.45, 7) is 4.39. The van der Waals surface area contributed by atoms with Gasteiger partial charge in [-0.1, -0.05) is 25.4 Å². The number of hydrogen-bond acceptors (Lipinski definition) is 4. The van der Waals surface area contributed by atoms with Gasteiger partial charge in [-0.05, 0) is 42.3 Å². The zero-order chi connectivity index (χ0) is 20.3. The van der Waals surface area contributed by atoms with Crippen molar-refractivity contribution in [2.75, 3.05) is 20.8 Å². The van der Waals surface area contributed by atoms with E-state index < -0.39 is 0 Å². The number of carbonyl (C=O) groups excluding carboxylic acids is 1. The molecule has 0 radical (unpaired) electrons. The van der Waals surface area contributed by atoms with E-state index in [1.54, 1.807) is 14.2 Å². The summed E-state index contributed by atoms with van der Waals surface area (Å²) in [7, 11) is 3.27. The molecule has 0 saturated carbocycles. The van der Waals surface area contributed by atoms with Crippen LogP contribution < -0.4 is 19.5 Å². The van der Waals surface area contributed by atoms with Gasteiger partial charge in [0, 0.05) is 23.5 Å². The minimum atomic E-state index is -0.122. The number of benzene rings is 2. The summed E-state index contributed by atoms with van der Waals surface area (Å²) in [6, 6.07) is 9.60. The van der Waals surface area contributed by atoms with Crippen LogP contribution in [0.25, 0.3) is 11.1 Å². The van der Waals surface area contributed by atoms with Crippen molar-refractivity contribution in [3.05, 3.63) is 40.9 Å². The lowest BCUT2D eigenvalue weighted by atomic mass is 9.99. The van der Waals surface area contributed by atoms with E-state index in [-0.39, 0.29) is 17.9 Å². The van der Waals surface area contributed by atoms with Crippen LogP contribution in [0.5, 0.6) is 17.2 Å². The van der Waals surface area contributed by atoms with Gasteiger partial charge >= 0.3 is 0 Å². The van der Waals surface area contributed by atoms with Gasteiger partial charge in [-0.2, -0.15) is 0 Å². The zero-order valence-electron chi connectivity index (χ0n) is 16.7. The zero-order valence-corrected chi connectivity index (χ0v) is 17.4. The fourth-order valence-electron chi connectivity index (χ4n) is 3.27. The Bertz CT molecular complexity index is 868. The Morgan fingerprint density at radius 2 is 2.07 bits per heavy atom. The third-order valence-electron chi connectivity index (χ3n) is 5.13. The molecule has 0 fully saturated rings. The number of nitrogens with one attached hydrogen (secondary N) is 1. The normalized spacial score (nSPS) is 16.1. The van der Waals surface area contributed by atoms with E-state index in [2.05, 4.69) is 11.4 Å². The minimum Gasteiger partial charge on any atom is -0.497 e. The first-order valence-electron chi connectivity index (χ1n) is 9.46. The van der Waals surface area contributed by atoms with Gasteiger partial charge < -0.3 is 19.5 Å². The Balaban J connectivity index is 1.81. The summed E-state index contributed by atoms with van der Waals surface area (Å²) >= 11 is 6.51. The predicted molar refractivity (Wildman–Crippen MR) is 111 cm³/mol. The topological polar surface area (TPSA) is 56.8 Å². The monoisotopic (exact) mass is 403 g/mol. The molecule has 2 atom stereocenters. The van der Waals surface area contributed by atoms with Crippen molar-refractivity contribution in [3.8, 4) is 28.4 Å². The Kier molecular flexibility index (Phi) is 6.35. The largest absolute Gasteiger partial charge is 0.497 e. The molecule has 0 bridgehead atoms. The van der Waals surface area contributed by atoms with Crippen LogP contribution in [0.4, 0.5) is 0 Å². The second kappa shape index (κ2) is 8.74. The molecule has 0 spiro atoms. The van der Waals surface area contributed by atoms with Crippen LogP contribution in [-0.4, -0.2) is 32.8 Å². The Labute approximate surface area is 170 Å². The van der Waals surface area contributed by atoms with Gasteiger partial charge in [-0.3, -0.25) is 4.79 Å². The molecule has 1 heterocycles. The van der Waals surface area contributed by atoms with E-state index in [1.165, 1.54) is 0 Å². The molecule has 0 unspecified atom stereocenters. The Hall–Kier alpha value is -2.40. The van der Waals surface area contributed by atoms with Crippen molar-refractivity contribution in [1.82, 2.24) is 5.32 Å². The Morgan fingerprint density at radius 1 is 1.29 bits per heavy atom. The molecule has 2 aromatic carbocycles. The maximum absolute atomic E-state index is 12.0. The molecule has 1 aliphatic rings. The molecule has 1 N–H and O–H groups in total. The van der Waals surface area contributed by atoms with Crippen LogP contribution >= 0.6 is 11.6 Å². The summed E-state index contributed by atoms with van der Waals surface area (Å²) in [6.07, 6.45) is 1.38. The third-order valence-corrected chi connectivity index (χ3v) is 5.41. The smallest absolute Gasteiger partial charge is 0.222 e. The van der Waals surface area contributed by atoms with Gasteiger partial charge in [0.25, 0.3) is 0 Å². The van der Waals surface area contributed by atoms with Crippen molar-refractivity contribution in [2.45, 2.75) is 32.8 Å². The lowest BCUT2D eigenvalue weighted by Gasteiger charge is -2.14. The van der Waals surface area contributed by atoms with E-state index in [0.717, 1.165) is 34.6 Å². The van der Waals surface area contributed by atoms with Gasteiger partial charge in [0.1, 0.15) is 23.4 Å². The fraction of sp³-hybridized carbons (Fsp3) is 0.409. The van der Waals surface area contributed by atoms with Crippen molar-refractivity contribution in [1.29, 1.82) is 0 Å². The summed E-state index contributed by atoms with van der Waals surface area (Å²) in [5, 5.41) is 3.51. The third kappa shape index (κ3) is 4.20. The molecule has 2 aromatic rings. The van der Waals surface area contributed by atoms with Gasteiger partial charge in [0.15, 0.2) is 0 Å². The first kappa shape index (κ1) is 20.3. The fourth-order valence-corrected chi connectivity index (χ4v) is 3.55. The molecular weight excluding hydrogens is 378 g/mol. The number of rotatable bonds is 7. The predicted octanol–water partition coefficient (Wildman–Crippen LogP) is 4.49. The number of hydrogen-bond donors (Lipinski definition) is 1. The lowest BCUT2D eigenvalue weighted by molar-refractivity contribution is -0.124. The molecule has 1 amide bonds. The highest BCUT2D eigenvalue weighted by Crippen LogP contribution is 2.42. The number of amides is 1. The van der Waals surface area contributed by atoms with Crippen LogP contribution in [0.1, 0.15) is 25.8 Å². The van der Waals surface area contributed by atoms with E-state index in [1.807, 2.05) is 38.1 Å². The Morgan fingerprint density at radius 3 is 2.75 bits per heavy atom. The number of methoxy groups -OCH3 is 2. The summed E-state index contributed by atoms with van der Waals surface area (Å²) < 4.78 is 16.8. The summed E-state index contributed by atoms with van der Waals surface area (Å²) in [4.78, 5) is 12.0. The maximum atomic E-state index is 12.0. The molecule has 6 heteroatoms. The number of halogens is 1. The standard InChI is InChI=1S/C22H26ClNO4/c1-5-13(2)22(25)24-12-17-9-15-8-14(10-19(23)21(15)28-17)18-11-16(26-3)6-7-20(18)27-4/h6-8,10-11,13,17H,5,9,12H2,1-4H3,(H,24,25)/t13-,17-/m1/s1. The SMILES string of the molecule is CC[C@@H](C)C(=O)NC[C@H]1Cc2cc(-c3cc(OC)ccc3OC)cc(Cl)c2O1. The lowest BCUT2D eigenvalue weighted by Crippen LogP contribution is -2.37. The highest BCUT2D eigenvalue weighted by Gasteiger charge is 2.27. The molecule has 150 valence electrons. The number of carbonyl (C=O) groups is 1. The first-order chi connectivity index (χ1) is 13.5. The average Bonchev–Trinajstić information content (AvgIpc) is 3.14. The second-order valence-electron chi connectivity index (χ2n) is 7.01. The number of ether oxygens (including phenoxy) is 3. The van der Waals surface area contributed by atoms with Crippen molar-refractivity contribution in [2.24, 2.45) is 5.92 Å². The van der Waals surface area contributed by atoms with E-state index in [0.29, 0.717) is 23.7 Å². The first-order valence-corrected chi connectivity index (χ1v) is 9.83. The van der Waals surface area contributed by atoms with Gasteiger partial charge in [-0.15, -0.1) is 0 Å². The van der Waals surface area contributed by atoms with Crippen molar-refractivity contribution >= 4 is 17.5 Å². The second-order valence-corrected chi connectivity index (χ2v) is 7.42. The highest BCUT2D eigenvalue weighted by molar-refractivity contribution is 6.32. The van der Waals surface area contributed by atoms with Crippen LogP contribution in [0, 0.1) is 5.92 Å². The summed E-state index contributed by atoms with van der Waals surface area (Å²) in [5.74, 6) is 2.23. The molecule has 3 rings (SSSR count). The van der Waals surface area contributed by atoms with Crippen LogP contribution in [-0.2, 0) is 11.2 Å². The van der Waals surface area contributed by atoms with Gasteiger partial charge in [0.05, 0.1) is 25.8 Å². The maximum Gasteiger partial charge on any atom is 0.222 e. The minimum absolute atomic E-state index is 0.000468. The average molecular weight is 404 g/mol. The molecule has 1 aliphatic heterocycles. The molecule has 0 aromatic heterocycles. The quantitative estimate of drug-likeness (QED) is 0.740.